The van der Waals surface area contributed by atoms with Crippen LogP contribution in [-0.4, -0.2) is 19.7 Å². The molecule has 0 unspecified atom stereocenters. The van der Waals surface area contributed by atoms with Gasteiger partial charge in [0.1, 0.15) is 11.0 Å². The summed E-state index contributed by atoms with van der Waals surface area (Å²) in [5.41, 5.74) is 2.40. The van der Waals surface area contributed by atoms with Gasteiger partial charge in [0.25, 0.3) is 0 Å². The van der Waals surface area contributed by atoms with E-state index < -0.39 is 15.7 Å². The zero-order valence-corrected chi connectivity index (χ0v) is 17.3. The van der Waals surface area contributed by atoms with Gasteiger partial charge in [-0.3, -0.25) is 4.79 Å². The van der Waals surface area contributed by atoms with Crippen LogP contribution in [0, 0.1) is 0 Å². The molecular weight excluding hydrogens is 380 g/mol. The van der Waals surface area contributed by atoms with Crippen molar-refractivity contribution in [1.29, 1.82) is 0 Å². The zero-order valence-electron chi connectivity index (χ0n) is 15.7. The van der Waals surface area contributed by atoms with Crippen molar-refractivity contribution < 1.29 is 4.21 Å². The number of hydrogen-bond donors (Lipinski definition) is 0. The number of rotatable bonds is 3. The average molecular weight is 401 g/mol. The first kappa shape index (κ1) is 19.5. The molecule has 27 heavy (non-hydrogen) atoms. The number of halogens is 1. The summed E-state index contributed by atoms with van der Waals surface area (Å²) in [4.78, 5) is 13.3. The van der Waals surface area contributed by atoms with Gasteiger partial charge in [0, 0.05) is 7.05 Å². The van der Waals surface area contributed by atoms with Gasteiger partial charge < -0.3 is 4.57 Å². The normalized spacial score (nSPS) is 13.4. The van der Waals surface area contributed by atoms with Crippen LogP contribution < -0.4 is 5.43 Å². The van der Waals surface area contributed by atoms with Crippen molar-refractivity contribution in [2.75, 3.05) is 0 Å². The van der Waals surface area contributed by atoms with Gasteiger partial charge in [-0.2, -0.15) is 4.40 Å². The molecular formula is C21H21ClN2O2S. The van der Waals surface area contributed by atoms with Gasteiger partial charge in [0.05, 0.1) is 38.1 Å². The number of aryl methyl sites for hydroxylation is 1. The molecule has 0 spiro atoms. The van der Waals surface area contributed by atoms with E-state index in [-0.39, 0.29) is 5.43 Å². The van der Waals surface area contributed by atoms with Crippen molar-refractivity contribution >= 4 is 39.7 Å². The van der Waals surface area contributed by atoms with Crippen LogP contribution in [0.5, 0.6) is 0 Å². The van der Waals surface area contributed by atoms with Crippen molar-refractivity contribution in [2.24, 2.45) is 11.4 Å². The summed E-state index contributed by atoms with van der Waals surface area (Å²) in [6, 6.07) is 14.7. The molecule has 0 aliphatic rings. The van der Waals surface area contributed by atoms with Crippen molar-refractivity contribution in [2.45, 2.75) is 25.5 Å². The Bertz CT molecular complexity index is 1110. The molecule has 0 saturated carbocycles. The van der Waals surface area contributed by atoms with Gasteiger partial charge in [0.2, 0.25) is 0 Å². The Kier molecular flexibility index (Phi) is 5.36. The SMILES string of the molecule is Cn1c(C=N[S@](=O)C(C)(C)C)c(-c2ccccc2)c(=O)c2c(Cl)cccc21. The molecule has 3 rings (SSSR count). The third kappa shape index (κ3) is 3.75. The minimum atomic E-state index is -1.43. The molecule has 0 saturated heterocycles. The first-order valence-corrected chi connectivity index (χ1v) is 10.0. The highest BCUT2D eigenvalue weighted by atomic mass is 35.5. The highest BCUT2D eigenvalue weighted by Crippen LogP contribution is 2.27. The summed E-state index contributed by atoms with van der Waals surface area (Å²) in [6.07, 6.45) is 1.53. The van der Waals surface area contributed by atoms with Gasteiger partial charge in [-0.05, 0) is 38.5 Å². The first-order valence-electron chi connectivity index (χ1n) is 8.54. The summed E-state index contributed by atoms with van der Waals surface area (Å²) >= 11 is 6.34. The first-order chi connectivity index (χ1) is 12.7. The van der Waals surface area contributed by atoms with E-state index in [4.69, 9.17) is 11.6 Å². The second-order valence-corrected chi connectivity index (χ2v) is 9.59. The highest BCUT2D eigenvalue weighted by Gasteiger charge is 2.20. The smallest absolute Gasteiger partial charge is 0.199 e. The summed E-state index contributed by atoms with van der Waals surface area (Å²) in [5, 5.41) is 0.877. The minimum absolute atomic E-state index is 0.164. The maximum Gasteiger partial charge on any atom is 0.199 e. The molecule has 0 amide bonds. The van der Waals surface area contributed by atoms with Crippen molar-refractivity contribution in [1.82, 2.24) is 4.57 Å². The molecule has 0 aliphatic heterocycles. The number of nitrogens with zero attached hydrogens (tertiary/aromatic N) is 2. The monoisotopic (exact) mass is 400 g/mol. The van der Waals surface area contributed by atoms with E-state index >= 15 is 0 Å². The molecule has 6 heteroatoms. The molecule has 0 bridgehead atoms. The van der Waals surface area contributed by atoms with Crippen LogP contribution in [0.15, 0.2) is 57.7 Å². The van der Waals surface area contributed by atoms with E-state index in [1.807, 2.05) is 68.8 Å². The number of hydrogen-bond acceptors (Lipinski definition) is 2. The fraction of sp³-hybridized carbons (Fsp3) is 0.238. The van der Waals surface area contributed by atoms with Crippen LogP contribution >= 0.6 is 11.6 Å². The second kappa shape index (κ2) is 7.41. The van der Waals surface area contributed by atoms with Crippen molar-refractivity contribution in [3.63, 3.8) is 0 Å². The summed E-state index contributed by atoms with van der Waals surface area (Å²) in [7, 11) is 0.426. The summed E-state index contributed by atoms with van der Waals surface area (Å²) < 4.78 is 18.0. The van der Waals surface area contributed by atoms with Crippen LogP contribution in [0.2, 0.25) is 5.02 Å². The predicted molar refractivity (Wildman–Crippen MR) is 115 cm³/mol. The van der Waals surface area contributed by atoms with E-state index in [1.165, 1.54) is 6.21 Å². The maximum absolute atomic E-state index is 13.3. The maximum atomic E-state index is 13.3. The molecule has 4 nitrogen and oxygen atoms in total. The Morgan fingerprint density at radius 1 is 1.07 bits per heavy atom. The number of fused-ring (bicyclic) bond motifs is 1. The fourth-order valence-corrected chi connectivity index (χ4v) is 3.61. The van der Waals surface area contributed by atoms with Crippen LogP contribution in [0.4, 0.5) is 0 Å². The topological polar surface area (TPSA) is 51.4 Å². The van der Waals surface area contributed by atoms with E-state index in [0.717, 1.165) is 5.56 Å². The van der Waals surface area contributed by atoms with Gasteiger partial charge in [-0.15, -0.1) is 0 Å². The molecule has 2 aromatic carbocycles. The molecule has 0 fully saturated rings. The Morgan fingerprint density at radius 2 is 1.74 bits per heavy atom. The summed E-state index contributed by atoms with van der Waals surface area (Å²) in [5.74, 6) is 0. The third-order valence-electron chi connectivity index (χ3n) is 4.28. The Morgan fingerprint density at radius 3 is 2.37 bits per heavy atom. The Balaban J connectivity index is 2.38. The van der Waals surface area contributed by atoms with Crippen LogP contribution in [0.1, 0.15) is 26.5 Å². The molecule has 0 aliphatic carbocycles. The van der Waals surface area contributed by atoms with Gasteiger partial charge in [-0.1, -0.05) is 48.0 Å². The number of benzene rings is 2. The standard InChI is InChI=1S/C21H21ClN2O2S/c1-21(2,3)27(26)23-13-17-18(14-9-6-5-7-10-14)20(25)19-15(22)11-8-12-16(19)24(17)4/h5-13H,1-4H3/t27-/m1/s1. The van der Waals surface area contributed by atoms with Crippen LogP contribution in [-0.2, 0) is 18.0 Å². The lowest BCUT2D eigenvalue weighted by molar-refractivity contribution is 0.651. The van der Waals surface area contributed by atoms with Gasteiger partial charge in [0.15, 0.2) is 5.43 Å². The molecule has 140 valence electrons. The van der Waals surface area contributed by atoms with Crippen LogP contribution in [0.25, 0.3) is 22.0 Å². The molecule has 1 heterocycles. The molecule has 0 N–H and O–H groups in total. The Labute approximate surface area is 166 Å². The van der Waals surface area contributed by atoms with Gasteiger partial charge in [-0.25, -0.2) is 4.21 Å². The lowest BCUT2D eigenvalue weighted by Crippen LogP contribution is -2.21. The predicted octanol–water partition coefficient (Wildman–Crippen LogP) is 4.74. The van der Waals surface area contributed by atoms with Crippen molar-refractivity contribution in [3.8, 4) is 11.1 Å². The van der Waals surface area contributed by atoms with Crippen molar-refractivity contribution in [3.05, 3.63) is 69.5 Å². The second-order valence-electron chi connectivity index (χ2n) is 7.24. The molecule has 1 aromatic heterocycles. The van der Waals surface area contributed by atoms with E-state index in [1.54, 1.807) is 12.1 Å². The summed E-state index contributed by atoms with van der Waals surface area (Å²) in [6.45, 7) is 5.58. The Hall–Kier alpha value is -2.24. The average Bonchev–Trinajstić information content (AvgIpc) is 2.62. The number of pyridine rings is 1. The zero-order chi connectivity index (χ0) is 19.8. The van der Waals surface area contributed by atoms with E-state index in [0.29, 0.717) is 27.2 Å². The molecule has 0 radical (unpaired) electrons. The third-order valence-corrected chi connectivity index (χ3v) is 5.94. The van der Waals surface area contributed by atoms with Crippen LogP contribution in [0.3, 0.4) is 0 Å². The largest absolute Gasteiger partial charge is 0.342 e. The lowest BCUT2D eigenvalue weighted by atomic mass is 10.0. The molecule has 1 atom stereocenters. The van der Waals surface area contributed by atoms with E-state index in [9.17, 15) is 9.00 Å². The van der Waals surface area contributed by atoms with E-state index in [2.05, 4.69) is 4.40 Å². The quantitative estimate of drug-likeness (QED) is 0.596. The minimum Gasteiger partial charge on any atom is -0.342 e. The highest BCUT2D eigenvalue weighted by molar-refractivity contribution is 7.85. The lowest BCUT2D eigenvalue weighted by Gasteiger charge is -2.16. The molecule has 3 aromatic rings. The fourth-order valence-electron chi connectivity index (χ4n) is 2.85. The van der Waals surface area contributed by atoms with Gasteiger partial charge >= 0.3 is 0 Å². The number of aromatic nitrogens is 1.